The molecule has 1 fully saturated rings. The number of amides is 1. The Morgan fingerprint density at radius 1 is 1.14 bits per heavy atom. The van der Waals surface area contributed by atoms with Gasteiger partial charge >= 0.3 is 0 Å². The number of ether oxygens (including phenoxy) is 2. The topological polar surface area (TPSA) is 85.8 Å². The van der Waals surface area contributed by atoms with Gasteiger partial charge in [0.2, 0.25) is 5.91 Å². The van der Waals surface area contributed by atoms with Gasteiger partial charge in [0, 0.05) is 31.5 Å². The highest BCUT2D eigenvalue weighted by molar-refractivity contribution is 7.90. The van der Waals surface area contributed by atoms with Crippen molar-refractivity contribution in [3.8, 4) is 11.5 Å². The number of carbonyl (C=O) groups excluding carboxylic acids is 1. The van der Waals surface area contributed by atoms with Gasteiger partial charge in [-0.2, -0.15) is 0 Å². The molecule has 1 amide bonds. The number of hydrogen-bond acceptors (Lipinski definition) is 6. The average Bonchev–Trinajstić information content (AvgIpc) is 2.73. The second-order valence-electron chi connectivity index (χ2n) is 7.18. The second kappa shape index (κ2) is 8.82. The Bertz CT molecular complexity index is 982. The summed E-state index contributed by atoms with van der Waals surface area (Å²) in [4.78, 5) is 19.2. The lowest BCUT2D eigenvalue weighted by Gasteiger charge is -2.32. The molecular formula is C21H26N2O5S. The minimum absolute atomic E-state index is 0.0334. The summed E-state index contributed by atoms with van der Waals surface area (Å²) in [6.45, 7) is 1.16. The summed E-state index contributed by atoms with van der Waals surface area (Å²) in [5.74, 6) is 1.30. The molecule has 1 aliphatic rings. The molecule has 3 rings (SSSR count). The fourth-order valence-corrected chi connectivity index (χ4v) is 4.63. The number of likely N-dealkylation sites (tertiary alicyclic amines) is 1. The van der Waals surface area contributed by atoms with Gasteiger partial charge in [0.15, 0.2) is 21.3 Å². The number of carbonyl (C=O) groups is 1. The second-order valence-corrected chi connectivity index (χ2v) is 9.16. The van der Waals surface area contributed by atoms with Gasteiger partial charge < -0.3 is 14.4 Å². The van der Waals surface area contributed by atoms with Crippen LogP contribution in [0.1, 0.15) is 30.0 Å². The van der Waals surface area contributed by atoms with Crippen LogP contribution < -0.4 is 9.47 Å². The van der Waals surface area contributed by atoms with E-state index in [-0.39, 0.29) is 23.1 Å². The molecule has 2 aromatic rings. The molecule has 0 saturated carbocycles. The summed E-state index contributed by atoms with van der Waals surface area (Å²) in [5.41, 5.74) is 1.47. The highest BCUT2D eigenvalue weighted by Gasteiger charge is 2.28. The van der Waals surface area contributed by atoms with Crippen molar-refractivity contribution in [2.45, 2.75) is 30.1 Å². The molecule has 8 heteroatoms. The zero-order chi connectivity index (χ0) is 21.0. The molecule has 1 saturated heterocycles. The van der Waals surface area contributed by atoms with E-state index in [0.717, 1.165) is 5.56 Å². The first-order valence-corrected chi connectivity index (χ1v) is 11.4. The number of hydrogen-bond donors (Lipinski definition) is 0. The van der Waals surface area contributed by atoms with Crippen molar-refractivity contribution in [1.82, 2.24) is 9.88 Å². The molecule has 29 heavy (non-hydrogen) atoms. The predicted molar refractivity (Wildman–Crippen MR) is 109 cm³/mol. The standard InChI is InChI=1S/C21H26N2O5S/c1-27-17-7-6-15(13-18(17)28-2)14-20(24)23-11-8-16(9-12-23)21-19(29(3,25)26)5-4-10-22-21/h4-7,10,13,16H,8-9,11-12,14H2,1-3H3. The van der Waals surface area contributed by atoms with E-state index in [0.29, 0.717) is 43.1 Å². The van der Waals surface area contributed by atoms with E-state index < -0.39 is 9.84 Å². The van der Waals surface area contributed by atoms with Gasteiger partial charge in [0.05, 0.1) is 31.2 Å². The van der Waals surface area contributed by atoms with Gasteiger partial charge in [-0.25, -0.2) is 8.42 Å². The third-order valence-electron chi connectivity index (χ3n) is 5.24. The molecule has 0 radical (unpaired) electrons. The first-order chi connectivity index (χ1) is 13.8. The van der Waals surface area contributed by atoms with Crippen molar-refractivity contribution in [3.05, 3.63) is 47.8 Å². The Kier molecular flexibility index (Phi) is 6.42. The van der Waals surface area contributed by atoms with Crippen molar-refractivity contribution >= 4 is 15.7 Å². The SMILES string of the molecule is COc1ccc(CC(=O)N2CCC(c3ncccc3S(C)(=O)=O)CC2)cc1OC. The Labute approximate surface area is 171 Å². The molecule has 1 aromatic heterocycles. The zero-order valence-corrected chi connectivity index (χ0v) is 17.7. The summed E-state index contributed by atoms with van der Waals surface area (Å²) in [6.07, 6.45) is 4.49. The van der Waals surface area contributed by atoms with E-state index >= 15 is 0 Å². The lowest BCUT2D eigenvalue weighted by Crippen LogP contribution is -2.39. The van der Waals surface area contributed by atoms with E-state index in [1.54, 1.807) is 38.6 Å². The van der Waals surface area contributed by atoms with Crippen LogP contribution in [-0.4, -0.2) is 57.8 Å². The van der Waals surface area contributed by atoms with Gasteiger partial charge in [-0.05, 0) is 42.7 Å². The van der Waals surface area contributed by atoms with E-state index in [9.17, 15) is 13.2 Å². The molecule has 0 unspecified atom stereocenters. The first-order valence-electron chi connectivity index (χ1n) is 9.47. The fraction of sp³-hybridized carbons (Fsp3) is 0.429. The molecule has 0 spiro atoms. The number of piperidine rings is 1. The number of aromatic nitrogens is 1. The minimum atomic E-state index is -3.33. The number of sulfone groups is 1. The summed E-state index contributed by atoms with van der Waals surface area (Å²) in [6, 6.07) is 8.71. The minimum Gasteiger partial charge on any atom is -0.493 e. The molecule has 0 atom stereocenters. The fourth-order valence-electron chi connectivity index (χ4n) is 3.70. The number of methoxy groups -OCH3 is 2. The monoisotopic (exact) mass is 418 g/mol. The van der Waals surface area contributed by atoms with Crippen LogP contribution >= 0.6 is 0 Å². The van der Waals surface area contributed by atoms with E-state index in [4.69, 9.17) is 9.47 Å². The Morgan fingerprint density at radius 3 is 2.45 bits per heavy atom. The maximum Gasteiger partial charge on any atom is 0.226 e. The molecule has 1 aromatic carbocycles. The number of benzene rings is 1. The molecule has 0 N–H and O–H groups in total. The van der Waals surface area contributed by atoms with Crippen molar-refractivity contribution in [3.63, 3.8) is 0 Å². The molecule has 7 nitrogen and oxygen atoms in total. The van der Waals surface area contributed by atoms with Crippen LogP contribution in [-0.2, 0) is 21.1 Å². The van der Waals surface area contributed by atoms with Crippen LogP contribution in [0, 0.1) is 0 Å². The van der Waals surface area contributed by atoms with Crippen molar-refractivity contribution in [2.24, 2.45) is 0 Å². The van der Waals surface area contributed by atoms with Gasteiger partial charge in [-0.3, -0.25) is 9.78 Å². The van der Waals surface area contributed by atoms with Crippen LogP contribution in [0.4, 0.5) is 0 Å². The van der Waals surface area contributed by atoms with Crippen LogP contribution in [0.15, 0.2) is 41.4 Å². The summed E-state index contributed by atoms with van der Waals surface area (Å²) < 4.78 is 34.6. The highest BCUT2D eigenvalue weighted by atomic mass is 32.2. The largest absolute Gasteiger partial charge is 0.493 e. The van der Waals surface area contributed by atoms with Crippen LogP contribution in [0.2, 0.25) is 0 Å². The third-order valence-corrected chi connectivity index (χ3v) is 6.38. The lowest BCUT2D eigenvalue weighted by atomic mass is 9.92. The number of nitrogens with zero attached hydrogens (tertiary/aromatic N) is 2. The van der Waals surface area contributed by atoms with Gasteiger partial charge in [-0.15, -0.1) is 0 Å². The van der Waals surface area contributed by atoms with E-state index in [1.807, 2.05) is 17.0 Å². The molecule has 1 aliphatic heterocycles. The van der Waals surface area contributed by atoms with Gasteiger partial charge in [0.25, 0.3) is 0 Å². The third kappa shape index (κ3) is 4.87. The van der Waals surface area contributed by atoms with Crippen molar-refractivity contribution < 1.29 is 22.7 Å². The molecule has 156 valence electrons. The van der Waals surface area contributed by atoms with Gasteiger partial charge in [0.1, 0.15) is 0 Å². The smallest absolute Gasteiger partial charge is 0.226 e. The Morgan fingerprint density at radius 2 is 1.83 bits per heavy atom. The lowest BCUT2D eigenvalue weighted by molar-refractivity contribution is -0.131. The molecular weight excluding hydrogens is 392 g/mol. The van der Waals surface area contributed by atoms with Crippen LogP contribution in [0.5, 0.6) is 11.5 Å². The highest BCUT2D eigenvalue weighted by Crippen LogP contribution is 2.32. The summed E-state index contributed by atoms with van der Waals surface area (Å²) >= 11 is 0. The van der Waals surface area contributed by atoms with E-state index in [1.165, 1.54) is 6.26 Å². The molecule has 0 aliphatic carbocycles. The van der Waals surface area contributed by atoms with Crippen LogP contribution in [0.25, 0.3) is 0 Å². The van der Waals surface area contributed by atoms with Crippen molar-refractivity contribution in [2.75, 3.05) is 33.6 Å². The quantitative estimate of drug-likeness (QED) is 0.716. The predicted octanol–water partition coefficient (Wildman–Crippen LogP) is 2.45. The number of rotatable bonds is 6. The Hall–Kier alpha value is -2.61. The molecule has 2 heterocycles. The maximum absolute atomic E-state index is 12.7. The maximum atomic E-state index is 12.7. The zero-order valence-electron chi connectivity index (χ0n) is 16.9. The van der Waals surface area contributed by atoms with Gasteiger partial charge in [-0.1, -0.05) is 6.07 Å². The number of pyridine rings is 1. The van der Waals surface area contributed by atoms with E-state index in [2.05, 4.69) is 4.98 Å². The van der Waals surface area contributed by atoms with Crippen LogP contribution in [0.3, 0.4) is 0 Å². The Balaban J connectivity index is 1.65. The summed E-state index contributed by atoms with van der Waals surface area (Å²) in [7, 11) is -0.192. The normalized spacial score (nSPS) is 15.2. The summed E-state index contributed by atoms with van der Waals surface area (Å²) in [5, 5.41) is 0. The first kappa shape index (κ1) is 21.1. The average molecular weight is 419 g/mol. The van der Waals surface area contributed by atoms with Crippen molar-refractivity contribution in [1.29, 1.82) is 0 Å². The molecule has 0 bridgehead atoms.